The van der Waals surface area contributed by atoms with Gasteiger partial charge in [0.15, 0.2) is 5.78 Å². The van der Waals surface area contributed by atoms with Gasteiger partial charge in [0.25, 0.3) is 6.02 Å². The standard InChI is InChI=1S/C35H51N5O3S/c1-26(2)36-30(16-8-11-21-38-19-9-5-10-20-38)34(42)40-23-22-39(25-31(40)32(41)18-17-29-15-12-24-44-29)35-37-27(3)33(43-35)28-13-6-4-7-14-28/h4,6-7,12-15,24,26-27,30-31,33,36H,5,8-11,16-23,25H2,1-3H3/t27-,30+,31-,33+/m0/s1. The van der Waals surface area contributed by atoms with Gasteiger partial charge >= 0.3 is 0 Å². The first-order valence-electron chi connectivity index (χ1n) is 16.8. The fourth-order valence-corrected chi connectivity index (χ4v) is 7.45. The summed E-state index contributed by atoms with van der Waals surface area (Å²) in [6.07, 6.45) is 7.78. The Balaban J connectivity index is 1.26. The van der Waals surface area contributed by atoms with Gasteiger partial charge in [0.05, 0.1) is 12.1 Å². The molecule has 1 aromatic heterocycles. The maximum absolute atomic E-state index is 14.2. The van der Waals surface area contributed by atoms with Gasteiger partial charge in [0.2, 0.25) is 5.91 Å². The van der Waals surface area contributed by atoms with E-state index in [-0.39, 0.29) is 35.9 Å². The molecule has 0 aliphatic carbocycles. The van der Waals surface area contributed by atoms with Crippen molar-refractivity contribution in [1.29, 1.82) is 0 Å². The van der Waals surface area contributed by atoms with Crippen molar-refractivity contribution in [2.24, 2.45) is 4.99 Å². The molecule has 240 valence electrons. The summed E-state index contributed by atoms with van der Waals surface area (Å²) in [6, 6.07) is 14.2. The smallest absolute Gasteiger partial charge is 0.288 e. The quantitative estimate of drug-likeness (QED) is 0.306. The molecular weight excluding hydrogens is 570 g/mol. The molecular formula is C35H51N5O3S. The number of rotatable bonds is 13. The molecule has 0 saturated carbocycles. The van der Waals surface area contributed by atoms with Crippen LogP contribution in [0.3, 0.4) is 0 Å². The van der Waals surface area contributed by atoms with Crippen LogP contribution < -0.4 is 5.32 Å². The van der Waals surface area contributed by atoms with Crippen LogP contribution >= 0.6 is 11.3 Å². The second kappa shape index (κ2) is 16.0. The lowest BCUT2D eigenvalue weighted by Crippen LogP contribution is -2.62. The summed E-state index contributed by atoms with van der Waals surface area (Å²) in [5.74, 6) is 0.159. The first-order chi connectivity index (χ1) is 21.4. The number of aliphatic imine (C=N–C) groups is 1. The molecule has 0 unspecified atom stereocenters. The molecule has 4 heterocycles. The Hall–Kier alpha value is -2.75. The number of piperazine rings is 1. The largest absolute Gasteiger partial charge is 0.455 e. The molecule has 8 nitrogen and oxygen atoms in total. The maximum atomic E-state index is 14.2. The van der Waals surface area contributed by atoms with E-state index in [9.17, 15) is 9.59 Å². The van der Waals surface area contributed by atoms with Crippen LogP contribution in [0.5, 0.6) is 0 Å². The number of aryl methyl sites for hydroxylation is 1. The highest BCUT2D eigenvalue weighted by Gasteiger charge is 2.41. The van der Waals surface area contributed by atoms with Crippen LogP contribution in [0.4, 0.5) is 0 Å². The molecule has 9 heteroatoms. The van der Waals surface area contributed by atoms with Crippen LogP contribution in [0.2, 0.25) is 0 Å². The molecule has 2 saturated heterocycles. The predicted molar refractivity (Wildman–Crippen MR) is 178 cm³/mol. The van der Waals surface area contributed by atoms with Gasteiger partial charge in [-0.15, -0.1) is 11.3 Å². The summed E-state index contributed by atoms with van der Waals surface area (Å²) < 4.78 is 6.40. The summed E-state index contributed by atoms with van der Waals surface area (Å²) in [6.45, 7) is 11.2. The van der Waals surface area contributed by atoms with Crippen molar-refractivity contribution in [3.63, 3.8) is 0 Å². The van der Waals surface area contributed by atoms with Crippen LogP contribution in [0, 0.1) is 0 Å². The molecule has 2 fully saturated rings. The summed E-state index contributed by atoms with van der Waals surface area (Å²) >= 11 is 1.68. The van der Waals surface area contributed by atoms with Gasteiger partial charge in [-0.3, -0.25) is 9.59 Å². The number of amides is 1. The number of carbonyl (C=O) groups is 2. The van der Waals surface area contributed by atoms with E-state index in [0.717, 1.165) is 31.4 Å². The number of piperidine rings is 1. The summed E-state index contributed by atoms with van der Waals surface area (Å²) in [4.78, 5) is 40.7. The maximum Gasteiger partial charge on any atom is 0.288 e. The van der Waals surface area contributed by atoms with Gasteiger partial charge in [-0.2, -0.15) is 0 Å². The molecule has 5 rings (SSSR count). The number of likely N-dealkylation sites (tertiary alicyclic amines) is 1. The van der Waals surface area contributed by atoms with Crippen LogP contribution in [-0.2, 0) is 20.7 Å². The number of nitrogens with one attached hydrogen (secondary N) is 1. The number of benzene rings is 1. The van der Waals surface area contributed by atoms with Gasteiger partial charge < -0.3 is 24.8 Å². The number of hydrogen-bond donors (Lipinski definition) is 1. The second-order valence-electron chi connectivity index (χ2n) is 12.9. The zero-order valence-corrected chi connectivity index (χ0v) is 27.6. The van der Waals surface area contributed by atoms with Gasteiger partial charge in [0.1, 0.15) is 12.1 Å². The summed E-state index contributed by atoms with van der Waals surface area (Å²) in [5.41, 5.74) is 1.10. The van der Waals surface area contributed by atoms with Crippen LogP contribution in [-0.4, -0.2) is 95.8 Å². The molecule has 0 radical (unpaired) electrons. The number of thiophene rings is 1. The van der Waals surface area contributed by atoms with Crippen LogP contribution in [0.15, 0.2) is 52.8 Å². The molecule has 1 amide bonds. The first kappa shape index (κ1) is 32.6. The molecule has 0 bridgehead atoms. The third kappa shape index (κ3) is 8.70. The minimum Gasteiger partial charge on any atom is -0.455 e. The fraction of sp³-hybridized carbons (Fsp3) is 0.629. The van der Waals surface area contributed by atoms with Crippen molar-refractivity contribution in [3.8, 4) is 0 Å². The lowest BCUT2D eigenvalue weighted by Gasteiger charge is -2.42. The Morgan fingerprint density at radius 3 is 2.55 bits per heavy atom. The highest BCUT2D eigenvalue weighted by atomic mass is 32.1. The molecule has 0 spiro atoms. The van der Waals surface area contributed by atoms with Gasteiger partial charge in [-0.05, 0) is 75.7 Å². The lowest BCUT2D eigenvalue weighted by molar-refractivity contribution is -0.144. The molecule has 3 aliphatic rings. The number of unbranched alkanes of at least 4 members (excludes halogenated alkanes) is 1. The SMILES string of the molecule is CC(C)N[C@H](CCCCN1CCCCC1)C(=O)N1CCN(C2=N[C@@H](C)[C@H](c3ccccc3)O2)C[C@H]1C(=O)CCc1cccs1. The fourth-order valence-electron chi connectivity index (χ4n) is 6.74. The Morgan fingerprint density at radius 1 is 1.02 bits per heavy atom. The summed E-state index contributed by atoms with van der Waals surface area (Å²) in [5, 5.41) is 5.60. The Labute approximate surface area is 267 Å². The van der Waals surface area contributed by atoms with E-state index < -0.39 is 6.04 Å². The number of nitrogens with zero attached hydrogens (tertiary/aromatic N) is 4. The van der Waals surface area contributed by atoms with Crippen LogP contribution in [0.25, 0.3) is 0 Å². The van der Waals surface area contributed by atoms with Gasteiger partial charge in [-0.1, -0.05) is 63.1 Å². The third-order valence-corrected chi connectivity index (χ3v) is 10.1. The zero-order valence-electron chi connectivity index (χ0n) is 26.8. The Kier molecular flexibility index (Phi) is 11.9. The van der Waals surface area contributed by atoms with Crippen LogP contribution in [0.1, 0.15) is 82.3 Å². The molecule has 1 N–H and O–H groups in total. The first-order valence-corrected chi connectivity index (χ1v) is 17.7. The van der Waals surface area contributed by atoms with E-state index in [1.807, 2.05) is 34.5 Å². The van der Waals surface area contributed by atoms with Crippen molar-refractivity contribution in [2.45, 2.75) is 102 Å². The molecule has 2 aromatic rings. The minimum atomic E-state index is -0.529. The Morgan fingerprint density at radius 2 is 1.82 bits per heavy atom. The normalized spacial score (nSPS) is 23.5. The highest BCUT2D eigenvalue weighted by Crippen LogP contribution is 2.31. The van der Waals surface area contributed by atoms with Crippen molar-refractivity contribution >= 4 is 29.0 Å². The van der Waals surface area contributed by atoms with E-state index in [2.05, 4.69) is 54.1 Å². The predicted octanol–water partition coefficient (Wildman–Crippen LogP) is 5.30. The average Bonchev–Trinajstić information content (AvgIpc) is 3.71. The van der Waals surface area contributed by atoms with E-state index in [1.165, 1.54) is 37.2 Å². The van der Waals surface area contributed by atoms with Gasteiger partial charge in [0, 0.05) is 37.0 Å². The van der Waals surface area contributed by atoms with Crippen molar-refractivity contribution in [1.82, 2.24) is 20.0 Å². The van der Waals surface area contributed by atoms with E-state index >= 15 is 0 Å². The zero-order chi connectivity index (χ0) is 30.9. The number of ketones is 1. The van der Waals surface area contributed by atoms with E-state index in [1.54, 1.807) is 11.3 Å². The number of ether oxygens (including phenoxy) is 1. The summed E-state index contributed by atoms with van der Waals surface area (Å²) in [7, 11) is 0. The van der Waals surface area contributed by atoms with Crippen molar-refractivity contribution in [3.05, 3.63) is 58.3 Å². The highest BCUT2D eigenvalue weighted by molar-refractivity contribution is 7.09. The molecule has 4 atom stereocenters. The Bertz CT molecular complexity index is 1210. The van der Waals surface area contributed by atoms with Crippen molar-refractivity contribution < 1.29 is 14.3 Å². The van der Waals surface area contributed by atoms with Crippen molar-refractivity contribution in [2.75, 3.05) is 39.3 Å². The molecule has 3 aliphatic heterocycles. The lowest BCUT2D eigenvalue weighted by atomic mass is 9.99. The van der Waals surface area contributed by atoms with Gasteiger partial charge in [-0.25, -0.2) is 4.99 Å². The minimum absolute atomic E-state index is 0.0235. The molecule has 1 aromatic carbocycles. The third-order valence-electron chi connectivity index (χ3n) is 9.11. The average molecular weight is 622 g/mol. The number of carbonyl (C=O) groups excluding carboxylic acids is 2. The topological polar surface area (TPSA) is 77.5 Å². The number of amidine groups is 1. The second-order valence-corrected chi connectivity index (χ2v) is 13.9. The number of hydrogen-bond acceptors (Lipinski definition) is 8. The van der Waals surface area contributed by atoms with E-state index in [0.29, 0.717) is 38.5 Å². The number of Topliss-reactive ketones (excluding diaryl/α,β-unsaturated/α-hetero) is 1. The monoisotopic (exact) mass is 621 g/mol. The molecule has 44 heavy (non-hydrogen) atoms. The van der Waals surface area contributed by atoms with E-state index in [4.69, 9.17) is 9.73 Å².